The van der Waals surface area contributed by atoms with E-state index < -0.39 is 23.1 Å². The second kappa shape index (κ2) is 7.40. The summed E-state index contributed by atoms with van der Waals surface area (Å²) in [4.78, 5) is 19.6. The minimum absolute atomic E-state index is 0.123. The van der Waals surface area contributed by atoms with E-state index in [0.717, 1.165) is 12.4 Å². The van der Waals surface area contributed by atoms with Crippen LogP contribution in [0.1, 0.15) is 10.4 Å². The Hall–Kier alpha value is -3.26. The highest BCUT2D eigenvalue weighted by Gasteiger charge is 2.19. The molecule has 9 heteroatoms. The van der Waals surface area contributed by atoms with Gasteiger partial charge in [-0.2, -0.15) is 0 Å². The van der Waals surface area contributed by atoms with Gasteiger partial charge >= 0.3 is 0 Å². The summed E-state index contributed by atoms with van der Waals surface area (Å²) in [5.41, 5.74) is 0.611. The van der Waals surface area contributed by atoms with E-state index in [-0.39, 0.29) is 5.82 Å². The molecule has 0 unspecified atom stereocenters. The Morgan fingerprint density at radius 3 is 2.36 bits per heavy atom. The molecule has 0 saturated heterocycles. The molecular weight excluding hydrogens is 392 g/mol. The molecule has 4 rings (SSSR count). The van der Waals surface area contributed by atoms with Crippen molar-refractivity contribution >= 4 is 23.3 Å². The summed E-state index contributed by atoms with van der Waals surface area (Å²) in [6.45, 7) is 0.900. The smallest absolute Gasteiger partial charge is 0.262 e. The average molecular weight is 404 g/mol. The number of nitrogens with zero attached hydrogens (tertiary/aromatic N) is 2. The monoisotopic (exact) mass is 403 g/mol. The van der Waals surface area contributed by atoms with Crippen molar-refractivity contribution in [3.05, 3.63) is 65.1 Å². The lowest BCUT2D eigenvalue weighted by molar-refractivity contribution is 0.101. The first-order chi connectivity index (χ1) is 13.5. The first-order valence-electron chi connectivity index (χ1n) is 8.19. The number of pyridine rings is 2. The molecule has 142 valence electrons. The van der Waals surface area contributed by atoms with Gasteiger partial charge in [0.2, 0.25) is 0 Å². The van der Waals surface area contributed by atoms with Crippen molar-refractivity contribution in [3.8, 4) is 22.6 Å². The number of aromatic nitrogens is 2. The predicted molar refractivity (Wildman–Crippen MR) is 97.8 cm³/mol. The molecule has 1 aliphatic heterocycles. The predicted octanol–water partition coefficient (Wildman–Crippen LogP) is 4.10. The average Bonchev–Trinajstić information content (AvgIpc) is 2.68. The standard InChI is InChI=1S/C19H12ClF2N3O3/c20-12-6-16-15(27-3-4-28-16)5-11(12)10-1-2-17(24-7-10)25-19(26)18-13(21)8-23-9-14(18)22/h1-2,5-9H,3-4H2,(H,24,25,26). The highest BCUT2D eigenvalue weighted by molar-refractivity contribution is 6.33. The number of nitrogens with one attached hydrogen (secondary N) is 1. The number of halogens is 3. The molecule has 0 bridgehead atoms. The van der Waals surface area contributed by atoms with Gasteiger partial charge < -0.3 is 14.8 Å². The molecular formula is C19H12ClF2N3O3. The van der Waals surface area contributed by atoms with Crippen LogP contribution in [0.2, 0.25) is 5.02 Å². The molecule has 1 aliphatic rings. The SMILES string of the molecule is O=C(Nc1ccc(-c2cc3c(cc2Cl)OCCO3)cn1)c1c(F)cncc1F. The fourth-order valence-electron chi connectivity index (χ4n) is 2.72. The van der Waals surface area contributed by atoms with Gasteiger partial charge in [-0.05, 0) is 18.2 Å². The van der Waals surface area contributed by atoms with E-state index >= 15 is 0 Å². The molecule has 3 aromatic rings. The van der Waals surface area contributed by atoms with Gasteiger partial charge in [-0.25, -0.2) is 13.8 Å². The summed E-state index contributed by atoms with van der Waals surface area (Å²) >= 11 is 6.31. The molecule has 0 atom stereocenters. The largest absolute Gasteiger partial charge is 0.486 e. The third-order valence-electron chi connectivity index (χ3n) is 4.03. The molecule has 0 radical (unpaired) electrons. The van der Waals surface area contributed by atoms with Crippen LogP contribution in [0.25, 0.3) is 11.1 Å². The van der Waals surface area contributed by atoms with Crippen molar-refractivity contribution < 1.29 is 23.0 Å². The minimum atomic E-state index is -1.06. The van der Waals surface area contributed by atoms with Crippen LogP contribution < -0.4 is 14.8 Å². The summed E-state index contributed by atoms with van der Waals surface area (Å²) < 4.78 is 38.3. The highest BCUT2D eigenvalue weighted by atomic mass is 35.5. The van der Waals surface area contributed by atoms with Crippen LogP contribution in [0.5, 0.6) is 11.5 Å². The number of benzene rings is 1. The van der Waals surface area contributed by atoms with Crippen LogP contribution in [-0.4, -0.2) is 29.1 Å². The quantitative estimate of drug-likeness (QED) is 0.712. The second-order valence-electron chi connectivity index (χ2n) is 5.84. The van der Waals surface area contributed by atoms with Crippen molar-refractivity contribution in [1.29, 1.82) is 0 Å². The molecule has 3 heterocycles. The summed E-state index contributed by atoms with van der Waals surface area (Å²) in [6, 6.07) is 6.57. The van der Waals surface area contributed by atoms with Gasteiger partial charge in [-0.1, -0.05) is 11.6 Å². The molecule has 0 spiro atoms. The number of ether oxygens (including phenoxy) is 2. The number of rotatable bonds is 3. The van der Waals surface area contributed by atoms with Crippen molar-refractivity contribution in [2.24, 2.45) is 0 Å². The molecule has 6 nitrogen and oxygen atoms in total. The zero-order valence-corrected chi connectivity index (χ0v) is 15.0. The van der Waals surface area contributed by atoms with E-state index in [1.807, 2.05) is 0 Å². The molecule has 1 N–H and O–H groups in total. The van der Waals surface area contributed by atoms with E-state index in [0.29, 0.717) is 40.9 Å². The normalized spacial score (nSPS) is 12.5. The fourth-order valence-corrected chi connectivity index (χ4v) is 2.98. The van der Waals surface area contributed by atoms with Gasteiger partial charge in [0, 0.05) is 23.4 Å². The lowest BCUT2D eigenvalue weighted by Crippen LogP contribution is -2.17. The van der Waals surface area contributed by atoms with Crippen LogP contribution in [0.4, 0.5) is 14.6 Å². The fraction of sp³-hybridized carbons (Fsp3) is 0.105. The molecule has 28 heavy (non-hydrogen) atoms. The van der Waals surface area contributed by atoms with Gasteiger partial charge in [0.05, 0.1) is 17.4 Å². The number of hydrogen-bond donors (Lipinski definition) is 1. The van der Waals surface area contributed by atoms with Gasteiger partial charge in [0.25, 0.3) is 5.91 Å². The summed E-state index contributed by atoms with van der Waals surface area (Å²) in [6.07, 6.45) is 3.00. The second-order valence-corrected chi connectivity index (χ2v) is 6.25. The van der Waals surface area contributed by atoms with Crippen LogP contribution in [-0.2, 0) is 0 Å². The third-order valence-corrected chi connectivity index (χ3v) is 4.34. The zero-order valence-electron chi connectivity index (χ0n) is 14.2. The van der Waals surface area contributed by atoms with Crippen molar-refractivity contribution in [3.63, 3.8) is 0 Å². The Balaban J connectivity index is 1.57. The molecule has 0 aliphatic carbocycles. The van der Waals surface area contributed by atoms with Gasteiger partial charge in [0.15, 0.2) is 23.1 Å². The Kier molecular flexibility index (Phi) is 4.79. The van der Waals surface area contributed by atoms with Crippen molar-refractivity contribution in [2.75, 3.05) is 18.5 Å². The Morgan fingerprint density at radius 1 is 1.04 bits per heavy atom. The number of carbonyl (C=O) groups excluding carboxylic acids is 1. The number of anilines is 1. The van der Waals surface area contributed by atoms with Crippen molar-refractivity contribution in [2.45, 2.75) is 0 Å². The van der Waals surface area contributed by atoms with Gasteiger partial charge in [-0.3, -0.25) is 9.78 Å². The van der Waals surface area contributed by atoms with Crippen LogP contribution >= 0.6 is 11.6 Å². The van der Waals surface area contributed by atoms with Gasteiger partial charge in [0.1, 0.15) is 24.6 Å². The van der Waals surface area contributed by atoms with E-state index in [9.17, 15) is 13.6 Å². The molecule has 2 aromatic heterocycles. The molecule has 1 amide bonds. The van der Waals surface area contributed by atoms with E-state index in [2.05, 4.69) is 15.3 Å². The number of hydrogen-bond acceptors (Lipinski definition) is 5. The summed E-state index contributed by atoms with van der Waals surface area (Å²) in [5.74, 6) is -1.81. The third kappa shape index (κ3) is 3.46. The van der Waals surface area contributed by atoms with E-state index in [4.69, 9.17) is 21.1 Å². The topological polar surface area (TPSA) is 73.3 Å². The Morgan fingerprint density at radius 2 is 1.71 bits per heavy atom. The maximum Gasteiger partial charge on any atom is 0.262 e. The van der Waals surface area contributed by atoms with Crippen LogP contribution in [0.15, 0.2) is 42.9 Å². The maximum absolute atomic E-state index is 13.7. The van der Waals surface area contributed by atoms with E-state index in [1.54, 1.807) is 18.2 Å². The lowest BCUT2D eigenvalue weighted by atomic mass is 10.1. The van der Waals surface area contributed by atoms with Crippen LogP contribution in [0, 0.1) is 11.6 Å². The first-order valence-corrected chi connectivity index (χ1v) is 8.56. The first kappa shape index (κ1) is 18.1. The number of amides is 1. The molecule has 1 aromatic carbocycles. The van der Waals surface area contributed by atoms with E-state index in [1.165, 1.54) is 12.3 Å². The van der Waals surface area contributed by atoms with Crippen LogP contribution in [0.3, 0.4) is 0 Å². The summed E-state index contributed by atoms with van der Waals surface area (Å²) in [5, 5.41) is 2.80. The van der Waals surface area contributed by atoms with Gasteiger partial charge in [-0.15, -0.1) is 0 Å². The Labute approximate surface area is 163 Å². The number of carbonyl (C=O) groups is 1. The molecule has 0 fully saturated rings. The lowest BCUT2D eigenvalue weighted by Gasteiger charge is -2.19. The minimum Gasteiger partial charge on any atom is -0.486 e. The van der Waals surface area contributed by atoms with Crippen molar-refractivity contribution in [1.82, 2.24) is 9.97 Å². The maximum atomic E-state index is 13.7. The summed E-state index contributed by atoms with van der Waals surface area (Å²) in [7, 11) is 0. The molecule has 0 saturated carbocycles. The highest BCUT2D eigenvalue weighted by Crippen LogP contribution is 2.39. The zero-order chi connectivity index (χ0) is 19.7. The number of fused-ring (bicyclic) bond motifs is 1. The Bertz CT molecular complexity index is 1040.